The highest BCUT2D eigenvalue weighted by molar-refractivity contribution is 8.01. The van der Waals surface area contributed by atoms with E-state index < -0.39 is 17.6 Å². The van der Waals surface area contributed by atoms with Crippen molar-refractivity contribution >= 4 is 45.7 Å². The second-order valence-corrected chi connectivity index (χ2v) is 8.71. The predicted molar refractivity (Wildman–Crippen MR) is 115 cm³/mol. The van der Waals surface area contributed by atoms with Crippen LogP contribution in [0.4, 0.5) is 24.0 Å². The first-order chi connectivity index (χ1) is 14.6. The first-order valence-electron chi connectivity index (χ1n) is 8.94. The molecular formula is C20H17F3N4O2S2. The van der Waals surface area contributed by atoms with E-state index >= 15 is 0 Å². The summed E-state index contributed by atoms with van der Waals surface area (Å²) in [7, 11) is 0. The van der Waals surface area contributed by atoms with Gasteiger partial charge in [-0.3, -0.25) is 14.9 Å². The summed E-state index contributed by atoms with van der Waals surface area (Å²) in [6.45, 7) is 3.85. The number of aromatic nitrogens is 2. The Morgan fingerprint density at radius 2 is 1.77 bits per heavy atom. The molecule has 0 bridgehead atoms. The number of aryl methyl sites for hydroxylation is 2. The number of amides is 2. The smallest absolute Gasteiger partial charge is 0.325 e. The molecule has 1 heterocycles. The maximum absolute atomic E-state index is 13.0. The molecule has 11 heteroatoms. The van der Waals surface area contributed by atoms with Crippen molar-refractivity contribution in [2.45, 2.75) is 24.4 Å². The summed E-state index contributed by atoms with van der Waals surface area (Å²) >= 11 is 2.08. The Labute approximate surface area is 184 Å². The molecule has 2 amide bonds. The zero-order valence-electron chi connectivity index (χ0n) is 16.4. The fourth-order valence-corrected chi connectivity index (χ4v) is 4.07. The lowest BCUT2D eigenvalue weighted by Crippen LogP contribution is -2.18. The van der Waals surface area contributed by atoms with Crippen LogP contribution in [0.5, 0.6) is 0 Å². The predicted octanol–water partition coefficient (Wildman–Crippen LogP) is 5.16. The van der Waals surface area contributed by atoms with Crippen molar-refractivity contribution in [2.24, 2.45) is 0 Å². The summed E-state index contributed by atoms with van der Waals surface area (Å²) in [5, 5.41) is 12.9. The fraction of sp³-hybridized carbons (Fsp3) is 0.200. The second kappa shape index (κ2) is 9.48. The molecule has 2 N–H and O–H groups in total. The van der Waals surface area contributed by atoms with Crippen LogP contribution in [0.1, 0.15) is 27.0 Å². The van der Waals surface area contributed by atoms with E-state index in [1.54, 1.807) is 12.1 Å². The second-order valence-electron chi connectivity index (χ2n) is 6.51. The average Bonchev–Trinajstić information content (AvgIpc) is 3.15. The van der Waals surface area contributed by atoms with Gasteiger partial charge in [0.05, 0.1) is 17.0 Å². The van der Waals surface area contributed by atoms with Gasteiger partial charge in [0.1, 0.15) is 0 Å². The SMILES string of the molecule is Cc1ccc(C(=O)Nc2nnc(SCC(=O)Nc3ccccc3C(F)(F)F)s2)cc1C. The summed E-state index contributed by atoms with van der Waals surface area (Å²) in [5.74, 6) is -1.11. The van der Waals surface area contributed by atoms with Gasteiger partial charge in [0.25, 0.3) is 5.91 Å². The third kappa shape index (κ3) is 6.05. The molecule has 0 atom stereocenters. The number of carbonyl (C=O) groups excluding carboxylic acids is 2. The Morgan fingerprint density at radius 3 is 2.48 bits per heavy atom. The van der Waals surface area contributed by atoms with Crippen LogP contribution >= 0.6 is 23.1 Å². The van der Waals surface area contributed by atoms with Crippen molar-refractivity contribution in [3.05, 3.63) is 64.7 Å². The lowest BCUT2D eigenvalue weighted by atomic mass is 10.1. The van der Waals surface area contributed by atoms with Gasteiger partial charge in [-0.2, -0.15) is 13.2 Å². The van der Waals surface area contributed by atoms with E-state index in [1.165, 1.54) is 18.2 Å². The zero-order valence-corrected chi connectivity index (χ0v) is 18.0. The van der Waals surface area contributed by atoms with Gasteiger partial charge in [0, 0.05) is 5.56 Å². The summed E-state index contributed by atoms with van der Waals surface area (Å²) in [6, 6.07) is 10.1. The van der Waals surface area contributed by atoms with Gasteiger partial charge in [-0.15, -0.1) is 10.2 Å². The van der Waals surface area contributed by atoms with Crippen molar-refractivity contribution < 1.29 is 22.8 Å². The van der Waals surface area contributed by atoms with Crippen molar-refractivity contribution in [2.75, 3.05) is 16.4 Å². The molecular weight excluding hydrogens is 449 g/mol. The minimum atomic E-state index is -4.57. The Kier molecular flexibility index (Phi) is 6.96. The number of thioether (sulfide) groups is 1. The largest absolute Gasteiger partial charge is 0.418 e. The Morgan fingerprint density at radius 1 is 1.03 bits per heavy atom. The number of hydrogen-bond donors (Lipinski definition) is 2. The molecule has 6 nitrogen and oxygen atoms in total. The third-order valence-corrected chi connectivity index (χ3v) is 6.20. The molecule has 1 aromatic heterocycles. The van der Waals surface area contributed by atoms with Crippen molar-refractivity contribution in [3.8, 4) is 0 Å². The number of para-hydroxylation sites is 1. The lowest BCUT2D eigenvalue weighted by molar-refractivity contribution is -0.137. The number of halogens is 3. The quantitative estimate of drug-likeness (QED) is 0.387. The maximum atomic E-state index is 13.0. The Balaban J connectivity index is 1.56. The number of hydrogen-bond acceptors (Lipinski definition) is 6. The molecule has 3 rings (SSSR count). The summed E-state index contributed by atoms with van der Waals surface area (Å²) in [5.41, 5.74) is 1.32. The normalized spacial score (nSPS) is 11.3. The van der Waals surface area contributed by atoms with Crippen LogP contribution < -0.4 is 10.6 Å². The van der Waals surface area contributed by atoms with Crippen LogP contribution in [0.3, 0.4) is 0 Å². The van der Waals surface area contributed by atoms with E-state index in [-0.39, 0.29) is 22.5 Å². The number of nitrogens with zero attached hydrogens (tertiary/aromatic N) is 2. The number of rotatable bonds is 6. The molecule has 0 saturated heterocycles. The minimum Gasteiger partial charge on any atom is -0.325 e. The number of anilines is 2. The molecule has 3 aromatic rings. The van der Waals surface area contributed by atoms with Crippen LogP contribution in [-0.4, -0.2) is 27.8 Å². The highest BCUT2D eigenvalue weighted by Gasteiger charge is 2.33. The van der Waals surface area contributed by atoms with Crippen LogP contribution in [0.2, 0.25) is 0 Å². The lowest BCUT2D eigenvalue weighted by Gasteiger charge is -2.13. The van der Waals surface area contributed by atoms with Gasteiger partial charge >= 0.3 is 6.18 Å². The van der Waals surface area contributed by atoms with Gasteiger partial charge in [-0.1, -0.05) is 41.3 Å². The monoisotopic (exact) mass is 466 g/mol. The van der Waals surface area contributed by atoms with Crippen LogP contribution in [0.15, 0.2) is 46.8 Å². The van der Waals surface area contributed by atoms with Crippen LogP contribution in [-0.2, 0) is 11.0 Å². The molecule has 2 aromatic carbocycles. The van der Waals surface area contributed by atoms with E-state index in [4.69, 9.17) is 0 Å². The van der Waals surface area contributed by atoms with E-state index in [0.29, 0.717) is 9.90 Å². The van der Waals surface area contributed by atoms with E-state index in [2.05, 4.69) is 20.8 Å². The molecule has 31 heavy (non-hydrogen) atoms. The number of nitrogens with one attached hydrogen (secondary N) is 2. The fourth-order valence-electron chi connectivity index (χ4n) is 2.52. The summed E-state index contributed by atoms with van der Waals surface area (Å²) < 4.78 is 39.4. The molecule has 0 aliphatic rings. The van der Waals surface area contributed by atoms with Gasteiger partial charge in [-0.25, -0.2) is 0 Å². The first-order valence-corrected chi connectivity index (χ1v) is 10.7. The third-order valence-electron chi connectivity index (χ3n) is 4.23. The standard InChI is InChI=1S/C20H17F3N4O2S2/c1-11-7-8-13(9-12(11)2)17(29)25-18-26-27-19(31-18)30-10-16(28)24-15-6-4-3-5-14(15)20(21,22)23/h3-9H,10H2,1-2H3,(H,24,28)(H,25,26,29). The van der Waals surface area contributed by atoms with Gasteiger partial charge in [-0.05, 0) is 49.2 Å². The molecule has 162 valence electrons. The van der Waals surface area contributed by atoms with E-state index in [1.807, 2.05) is 19.9 Å². The summed E-state index contributed by atoms with van der Waals surface area (Å²) in [6.07, 6.45) is -4.57. The highest BCUT2D eigenvalue weighted by Crippen LogP contribution is 2.34. The first kappa shape index (κ1) is 22.8. The van der Waals surface area contributed by atoms with Crippen molar-refractivity contribution in [3.63, 3.8) is 0 Å². The molecule has 0 spiro atoms. The highest BCUT2D eigenvalue weighted by atomic mass is 32.2. The number of benzene rings is 2. The summed E-state index contributed by atoms with van der Waals surface area (Å²) in [4.78, 5) is 24.4. The molecule has 0 fully saturated rings. The topological polar surface area (TPSA) is 84.0 Å². The molecule has 0 aliphatic heterocycles. The molecule has 0 saturated carbocycles. The molecule has 0 aliphatic carbocycles. The number of carbonyl (C=O) groups is 2. The van der Waals surface area contributed by atoms with E-state index in [9.17, 15) is 22.8 Å². The van der Waals surface area contributed by atoms with Gasteiger partial charge in [0.15, 0.2) is 4.34 Å². The minimum absolute atomic E-state index is 0.161. The van der Waals surface area contributed by atoms with Crippen LogP contribution in [0.25, 0.3) is 0 Å². The maximum Gasteiger partial charge on any atom is 0.418 e. The molecule has 0 unspecified atom stereocenters. The van der Waals surface area contributed by atoms with Gasteiger partial charge in [0.2, 0.25) is 11.0 Å². The van der Waals surface area contributed by atoms with Crippen LogP contribution in [0, 0.1) is 13.8 Å². The van der Waals surface area contributed by atoms with Crippen molar-refractivity contribution in [1.29, 1.82) is 0 Å². The number of alkyl halides is 3. The molecule has 0 radical (unpaired) electrons. The van der Waals surface area contributed by atoms with Crippen molar-refractivity contribution in [1.82, 2.24) is 10.2 Å². The average molecular weight is 467 g/mol. The zero-order chi connectivity index (χ0) is 22.6. The Bertz CT molecular complexity index is 1120. The Hall–Kier alpha value is -2.92. The van der Waals surface area contributed by atoms with E-state index in [0.717, 1.165) is 40.3 Å². The van der Waals surface area contributed by atoms with Gasteiger partial charge < -0.3 is 5.32 Å².